The molecule has 2 nitrogen and oxygen atoms in total. The van der Waals surface area contributed by atoms with Crippen molar-refractivity contribution in [2.24, 2.45) is 5.73 Å². The first-order valence-electron chi connectivity index (χ1n) is 6.87. The Bertz CT molecular complexity index is 548. The maximum absolute atomic E-state index is 5.87. The Labute approximate surface area is 126 Å². The van der Waals surface area contributed by atoms with Gasteiger partial charge in [-0.05, 0) is 36.6 Å². The summed E-state index contributed by atoms with van der Waals surface area (Å²) >= 11 is 0. The van der Waals surface area contributed by atoms with Crippen LogP contribution in [-0.4, -0.2) is 6.04 Å². The maximum atomic E-state index is 5.87. The Morgan fingerprint density at radius 1 is 1.05 bits per heavy atom. The maximum Gasteiger partial charge on any atom is 0.0400 e. The monoisotopic (exact) mass is 288 g/mol. The predicted octanol–water partition coefficient (Wildman–Crippen LogP) is 3.84. The molecule has 1 aliphatic rings. The first kappa shape index (κ1) is 14.9. The van der Waals surface area contributed by atoms with E-state index < -0.39 is 0 Å². The summed E-state index contributed by atoms with van der Waals surface area (Å²) in [6.45, 7) is 2.97. The van der Waals surface area contributed by atoms with Gasteiger partial charge in [-0.25, -0.2) is 0 Å². The van der Waals surface area contributed by atoms with Crippen LogP contribution in [0.5, 0.6) is 0 Å². The molecule has 2 atom stereocenters. The molecular formula is C17H21ClN2. The normalized spacial score (nSPS) is 20.1. The lowest BCUT2D eigenvalue weighted by Gasteiger charge is -2.08. The van der Waals surface area contributed by atoms with Crippen molar-refractivity contribution in [1.29, 1.82) is 0 Å². The summed E-state index contributed by atoms with van der Waals surface area (Å²) in [4.78, 5) is 0. The molecule has 0 saturated heterocycles. The van der Waals surface area contributed by atoms with Crippen LogP contribution in [0.2, 0.25) is 0 Å². The lowest BCUT2D eigenvalue weighted by Crippen LogP contribution is -2.01. The van der Waals surface area contributed by atoms with Gasteiger partial charge in [0.1, 0.15) is 0 Å². The van der Waals surface area contributed by atoms with Crippen LogP contribution in [0.1, 0.15) is 29.0 Å². The molecule has 106 valence electrons. The highest BCUT2D eigenvalue weighted by molar-refractivity contribution is 5.85. The van der Waals surface area contributed by atoms with E-state index in [0.717, 1.165) is 13.0 Å². The first-order valence-corrected chi connectivity index (χ1v) is 6.87. The van der Waals surface area contributed by atoms with Crippen LogP contribution in [-0.2, 0) is 6.54 Å². The van der Waals surface area contributed by atoms with Crippen LogP contribution >= 0.6 is 12.4 Å². The van der Waals surface area contributed by atoms with Gasteiger partial charge in [0, 0.05) is 24.2 Å². The summed E-state index contributed by atoms with van der Waals surface area (Å²) in [5.74, 6) is 0.589. The van der Waals surface area contributed by atoms with E-state index in [2.05, 4.69) is 60.8 Å². The van der Waals surface area contributed by atoms with Crippen LogP contribution in [0, 0.1) is 6.92 Å². The van der Waals surface area contributed by atoms with Crippen molar-refractivity contribution in [3.05, 3.63) is 65.2 Å². The van der Waals surface area contributed by atoms with Crippen molar-refractivity contribution in [1.82, 2.24) is 0 Å². The van der Waals surface area contributed by atoms with Gasteiger partial charge < -0.3 is 11.1 Å². The van der Waals surface area contributed by atoms with Gasteiger partial charge in [0.2, 0.25) is 0 Å². The van der Waals surface area contributed by atoms with Crippen molar-refractivity contribution in [3.63, 3.8) is 0 Å². The number of nitrogens with two attached hydrogens (primary N) is 1. The molecule has 0 heterocycles. The summed E-state index contributed by atoms with van der Waals surface area (Å²) < 4.78 is 0. The summed E-state index contributed by atoms with van der Waals surface area (Å²) in [5, 5.41) is 3.45. The van der Waals surface area contributed by atoms with Crippen LogP contribution < -0.4 is 11.1 Å². The van der Waals surface area contributed by atoms with Crippen LogP contribution in [0.15, 0.2) is 48.5 Å². The Kier molecular flexibility index (Phi) is 4.69. The summed E-state index contributed by atoms with van der Waals surface area (Å²) in [7, 11) is 0. The Morgan fingerprint density at radius 3 is 2.20 bits per heavy atom. The molecular weight excluding hydrogens is 268 g/mol. The fourth-order valence-corrected chi connectivity index (χ4v) is 2.36. The van der Waals surface area contributed by atoms with Crippen molar-refractivity contribution < 1.29 is 0 Å². The third-order valence-electron chi connectivity index (χ3n) is 3.80. The van der Waals surface area contributed by atoms with E-state index in [0.29, 0.717) is 12.0 Å². The Hall–Kier alpha value is -1.51. The number of aryl methyl sites for hydroxylation is 1. The van der Waals surface area contributed by atoms with Crippen molar-refractivity contribution in [2.45, 2.75) is 31.8 Å². The smallest absolute Gasteiger partial charge is 0.0400 e. The van der Waals surface area contributed by atoms with Gasteiger partial charge in [-0.15, -0.1) is 12.4 Å². The standard InChI is InChI=1S/C17H20N2.ClH/c1-12-2-4-13(5-3-12)11-19-15-8-6-14(7-9-15)16-10-17(16)18;/h2-9,16-17,19H,10-11,18H2,1H3;1H/t16-,17+;/m0./s1. The van der Waals surface area contributed by atoms with E-state index in [1.807, 2.05) is 0 Å². The largest absolute Gasteiger partial charge is 0.381 e. The predicted molar refractivity (Wildman–Crippen MR) is 87.5 cm³/mol. The van der Waals surface area contributed by atoms with Gasteiger partial charge in [-0.3, -0.25) is 0 Å². The van der Waals surface area contributed by atoms with Gasteiger partial charge in [0.05, 0.1) is 0 Å². The number of anilines is 1. The molecule has 0 aliphatic heterocycles. The number of rotatable bonds is 4. The van der Waals surface area contributed by atoms with Gasteiger partial charge in [-0.1, -0.05) is 42.0 Å². The third kappa shape index (κ3) is 3.53. The molecule has 3 heteroatoms. The number of halogens is 1. The number of nitrogens with one attached hydrogen (secondary N) is 1. The fourth-order valence-electron chi connectivity index (χ4n) is 2.36. The second kappa shape index (κ2) is 6.29. The molecule has 2 aromatic carbocycles. The minimum Gasteiger partial charge on any atom is -0.381 e. The van der Waals surface area contributed by atoms with E-state index >= 15 is 0 Å². The average molecular weight is 289 g/mol. The second-order valence-electron chi connectivity index (χ2n) is 5.47. The van der Waals surface area contributed by atoms with E-state index in [1.54, 1.807) is 0 Å². The van der Waals surface area contributed by atoms with Crippen LogP contribution in [0.4, 0.5) is 5.69 Å². The van der Waals surface area contributed by atoms with E-state index in [9.17, 15) is 0 Å². The molecule has 0 bridgehead atoms. The van der Waals surface area contributed by atoms with Gasteiger partial charge in [-0.2, -0.15) is 0 Å². The molecule has 1 fully saturated rings. The SMILES string of the molecule is Cc1ccc(CNc2ccc([C@@H]3C[C@H]3N)cc2)cc1.Cl. The zero-order chi connectivity index (χ0) is 13.2. The molecule has 1 saturated carbocycles. The molecule has 1 aliphatic carbocycles. The van der Waals surface area contributed by atoms with Gasteiger partial charge in [0.25, 0.3) is 0 Å². The topological polar surface area (TPSA) is 38.0 Å². The highest BCUT2D eigenvalue weighted by Gasteiger charge is 2.34. The minimum atomic E-state index is 0. The highest BCUT2D eigenvalue weighted by atomic mass is 35.5. The zero-order valence-corrected chi connectivity index (χ0v) is 12.5. The number of benzene rings is 2. The highest BCUT2D eigenvalue weighted by Crippen LogP contribution is 2.39. The number of hydrogen-bond donors (Lipinski definition) is 2. The summed E-state index contributed by atoms with van der Waals surface area (Å²) in [6, 6.07) is 17.7. The quantitative estimate of drug-likeness (QED) is 0.897. The Balaban J connectivity index is 0.00000147. The average Bonchev–Trinajstić information content (AvgIpc) is 3.16. The van der Waals surface area contributed by atoms with Crippen LogP contribution in [0.3, 0.4) is 0 Å². The Morgan fingerprint density at radius 2 is 1.65 bits per heavy atom. The molecule has 2 aromatic rings. The molecule has 20 heavy (non-hydrogen) atoms. The summed E-state index contributed by atoms with van der Waals surface area (Å²) in [6.07, 6.45) is 1.14. The van der Waals surface area contributed by atoms with E-state index in [1.165, 1.54) is 22.4 Å². The molecule has 3 rings (SSSR count). The van der Waals surface area contributed by atoms with E-state index in [-0.39, 0.29) is 12.4 Å². The zero-order valence-electron chi connectivity index (χ0n) is 11.7. The first-order chi connectivity index (χ1) is 9.22. The fraction of sp³-hybridized carbons (Fsp3) is 0.294. The third-order valence-corrected chi connectivity index (χ3v) is 3.80. The van der Waals surface area contributed by atoms with Crippen molar-refractivity contribution in [2.75, 3.05) is 5.32 Å². The summed E-state index contributed by atoms with van der Waals surface area (Å²) in [5.41, 5.74) is 11.0. The van der Waals surface area contributed by atoms with Gasteiger partial charge >= 0.3 is 0 Å². The van der Waals surface area contributed by atoms with Crippen molar-refractivity contribution >= 4 is 18.1 Å². The molecule has 0 spiro atoms. The molecule has 0 aromatic heterocycles. The van der Waals surface area contributed by atoms with Crippen molar-refractivity contribution in [3.8, 4) is 0 Å². The lowest BCUT2D eigenvalue weighted by molar-refractivity contribution is 0.990. The lowest BCUT2D eigenvalue weighted by atomic mass is 10.1. The second-order valence-corrected chi connectivity index (χ2v) is 5.47. The van der Waals surface area contributed by atoms with Gasteiger partial charge in [0.15, 0.2) is 0 Å². The molecule has 0 amide bonds. The van der Waals surface area contributed by atoms with Crippen LogP contribution in [0.25, 0.3) is 0 Å². The minimum absolute atomic E-state index is 0. The molecule has 3 N–H and O–H groups in total. The molecule has 0 unspecified atom stereocenters. The van der Waals surface area contributed by atoms with E-state index in [4.69, 9.17) is 5.73 Å². The molecule has 0 radical (unpaired) electrons. The number of hydrogen-bond acceptors (Lipinski definition) is 2.